The van der Waals surface area contributed by atoms with Crippen molar-refractivity contribution in [3.05, 3.63) is 71.3 Å². The Balaban J connectivity index is 1.75. The summed E-state index contributed by atoms with van der Waals surface area (Å²) in [6, 6.07) is 11.2. The third-order valence-electron chi connectivity index (χ3n) is 2.54. The summed E-state index contributed by atoms with van der Waals surface area (Å²) in [6.45, 7) is 0.00502. The van der Waals surface area contributed by atoms with Gasteiger partial charge in [0.2, 0.25) is 0 Å². The molecule has 0 atom stereocenters. The van der Waals surface area contributed by atoms with Crippen LogP contribution in [0.1, 0.15) is 11.1 Å². The Bertz CT molecular complexity index is 513. The summed E-state index contributed by atoms with van der Waals surface area (Å²) in [7, 11) is 0. The molecule has 0 fully saturated rings. The van der Waals surface area contributed by atoms with Crippen LogP contribution in [-0.4, -0.2) is 6.16 Å². The summed E-state index contributed by atoms with van der Waals surface area (Å²) < 4.78 is 35.0. The first-order valence-electron chi connectivity index (χ1n) is 5.92. The van der Waals surface area contributed by atoms with E-state index in [4.69, 9.17) is 9.47 Å². The van der Waals surface area contributed by atoms with Gasteiger partial charge in [0.1, 0.15) is 24.8 Å². The molecule has 2 rings (SSSR count). The smallest absolute Gasteiger partial charge is 0.429 e. The molecular weight excluding hydrogens is 266 g/mol. The molecule has 0 aromatic heterocycles. The van der Waals surface area contributed by atoms with Gasteiger partial charge in [-0.3, -0.25) is 0 Å². The molecule has 104 valence electrons. The fourth-order valence-corrected chi connectivity index (χ4v) is 1.49. The maximum atomic E-state index is 12.7. The third-order valence-corrected chi connectivity index (χ3v) is 2.54. The Hall–Kier alpha value is -2.43. The number of hydrogen-bond acceptors (Lipinski definition) is 3. The lowest BCUT2D eigenvalue weighted by Crippen LogP contribution is -2.07. The highest BCUT2D eigenvalue weighted by Gasteiger charge is 2.05. The molecule has 5 heteroatoms. The van der Waals surface area contributed by atoms with Gasteiger partial charge in [-0.15, -0.1) is 0 Å². The summed E-state index contributed by atoms with van der Waals surface area (Å²) in [6.07, 6.45) is -0.835. The van der Waals surface area contributed by atoms with Crippen molar-refractivity contribution in [1.29, 1.82) is 0 Å². The van der Waals surface area contributed by atoms with E-state index in [0.717, 1.165) is 0 Å². The van der Waals surface area contributed by atoms with Gasteiger partial charge in [0, 0.05) is 0 Å². The lowest BCUT2D eigenvalue weighted by molar-refractivity contribution is 0.0446. The topological polar surface area (TPSA) is 35.5 Å². The molecule has 0 bridgehead atoms. The van der Waals surface area contributed by atoms with Crippen LogP contribution in [0, 0.1) is 11.6 Å². The largest absolute Gasteiger partial charge is 0.508 e. The quantitative estimate of drug-likeness (QED) is 0.798. The molecule has 0 radical (unpaired) electrons. The van der Waals surface area contributed by atoms with E-state index in [-0.39, 0.29) is 24.8 Å². The standard InChI is InChI=1S/C15H12F2O3/c16-13-5-1-11(2-6-13)9-19-15(18)20-10-12-3-7-14(17)8-4-12/h1-8H,9-10H2. The molecule has 2 aromatic carbocycles. The molecule has 2 aromatic rings. The van der Waals surface area contributed by atoms with E-state index in [1.807, 2.05) is 0 Å². The maximum Gasteiger partial charge on any atom is 0.508 e. The van der Waals surface area contributed by atoms with Crippen molar-refractivity contribution in [3.63, 3.8) is 0 Å². The van der Waals surface area contributed by atoms with E-state index in [9.17, 15) is 13.6 Å². The molecule has 0 N–H and O–H groups in total. The molecule has 0 heterocycles. The monoisotopic (exact) mass is 278 g/mol. The molecule has 0 aliphatic rings. The van der Waals surface area contributed by atoms with Crippen molar-refractivity contribution in [2.24, 2.45) is 0 Å². The minimum atomic E-state index is -0.835. The van der Waals surface area contributed by atoms with Crippen molar-refractivity contribution < 1.29 is 23.0 Å². The van der Waals surface area contributed by atoms with E-state index in [1.54, 1.807) is 0 Å². The second kappa shape index (κ2) is 6.65. The van der Waals surface area contributed by atoms with Gasteiger partial charge in [-0.05, 0) is 35.4 Å². The molecule has 0 saturated carbocycles. The van der Waals surface area contributed by atoms with Crippen LogP contribution >= 0.6 is 0 Å². The number of halogens is 2. The highest BCUT2D eigenvalue weighted by atomic mass is 19.1. The van der Waals surface area contributed by atoms with Gasteiger partial charge in [0.05, 0.1) is 0 Å². The number of carbonyl (C=O) groups is 1. The Morgan fingerprint density at radius 1 is 0.750 bits per heavy atom. The summed E-state index contributed by atoms with van der Waals surface area (Å²) in [5, 5.41) is 0. The maximum absolute atomic E-state index is 12.7. The van der Waals surface area contributed by atoms with Crippen molar-refractivity contribution in [1.82, 2.24) is 0 Å². The van der Waals surface area contributed by atoms with E-state index in [0.29, 0.717) is 11.1 Å². The number of hydrogen-bond donors (Lipinski definition) is 0. The van der Waals surface area contributed by atoms with Gasteiger partial charge in [0.15, 0.2) is 0 Å². The van der Waals surface area contributed by atoms with Crippen LogP contribution in [0.25, 0.3) is 0 Å². The Labute approximate surface area is 114 Å². The zero-order chi connectivity index (χ0) is 14.4. The highest BCUT2D eigenvalue weighted by Crippen LogP contribution is 2.07. The molecule has 0 amide bonds. The van der Waals surface area contributed by atoms with Crippen LogP contribution in [0.5, 0.6) is 0 Å². The zero-order valence-electron chi connectivity index (χ0n) is 10.5. The number of ether oxygens (including phenoxy) is 2. The predicted octanol–water partition coefficient (Wildman–Crippen LogP) is 3.82. The highest BCUT2D eigenvalue weighted by molar-refractivity contribution is 5.59. The van der Waals surface area contributed by atoms with E-state index >= 15 is 0 Å². The van der Waals surface area contributed by atoms with Crippen LogP contribution in [0.3, 0.4) is 0 Å². The van der Waals surface area contributed by atoms with Gasteiger partial charge < -0.3 is 9.47 Å². The summed E-state index contributed by atoms with van der Waals surface area (Å²) in [5.74, 6) is -0.708. The molecule has 20 heavy (non-hydrogen) atoms. The molecular formula is C15H12F2O3. The van der Waals surface area contributed by atoms with E-state index in [1.165, 1.54) is 48.5 Å². The first-order valence-corrected chi connectivity index (χ1v) is 5.92. The molecule has 0 saturated heterocycles. The fraction of sp³-hybridized carbons (Fsp3) is 0.133. The number of carbonyl (C=O) groups excluding carboxylic acids is 1. The van der Waals surface area contributed by atoms with Crippen LogP contribution in [0.2, 0.25) is 0 Å². The lowest BCUT2D eigenvalue weighted by Gasteiger charge is -2.06. The first-order chi connectivity index (χ1) is 9.63. The first kappa shape index (κ1) is 14.0. The molecule has 0 spiro atoms. The Morgan fingerprint density at radius 3 is 1.45 bits per heavy atom. The summed E-state index contributed by atoms with van der Waals surface area (Å²) in [4.78, 5) is 11.3. The van der Waals surface area contributed by atoms with Crippen LogP contribution in [0.4, 0.5) is 13.6 Å². The fourth-order valence-electron chi connectivity index (χ4n) is 1.49. The molecule has 0 aliphatic heterocycles. The van der Waals surface area contributed by atoms with Crippen molar-refractivity contribution in [2.45, 2.75) is 13.2 Å². The Kier molecular flexibility index (Phi) is 4.65. The minimum absolute atomic E-state index is 0.00251. The van der Waals surface area contributed by atoms with Crippen LogP contribution in [0.15, 0.2) is 48.5 Å². The van der Waals surface area contributed by atoms with Gasteiger partial charge in [-0.25, -0.2) is 13.6 Å². The van der Waals surface area contributed by atoms with Gasteiger partial charge >= 0.3 is 6.16 Å². The zero-order valence-corrected chi connectivity index (χ0v) is 10.5. The average molecular weight is 278 g/mol. The Morgan fingerprint density at radius 2 is 1.10 bits per heavy atom. The van der Waals surface area contributed by atoms with Crippen LogP contribution < -0.4 is 0 Å². The van der Waals surface area contributed by atoms with E-state index < -0.39 is 6.16 Å². The lowest BCUT2D eigenvalue weighted by atomic mass is 10.2. The van der Waals surface area contributed by atoms with Gasteiger partial charge in [0.25, 0.3) is 0 Å². The average Bonchev–Trinajstić information content (AvgIpc) is 2.46. The normalized spacial score (nSPS) is 10.1. The van der Waals surface area contributed by atoms with Crippen molar-refractivity contribution in [3.8, 4) is 0 Å². The van der Waals surface area contributed by atoms with Crippen molar-refractivity contribution >= 4 is 6.16 Å². The third kappa shape index (κ3) is 4.35. The summed E-state index contributed by atoms with van der Waals surface area (Å²) in [5.41, 5.74) is 1.32. The van der Waals surface area contributed by atoms with Crippen LogP contribution in [-0.2, 0) is 22.7 Å². The van der Waals surface area contributed by atoms with Gasteiger partial charge in [-0.2, -0.15) is 0 Å². The second-order valence-electron chi connectivity index (χ2n) is 4.08. The predicted molar refractivity (Wildman–Crippen MR) is 67.8 cm³/mol. The number of rotatable bonds is 4. The van der Waals surface area contributed by atoms with Crippen molar-refractivity contribution in [2.75, 3.05) is 0 Å². The molecule has 0 aliphatic carbocycles. The number of benzene rings is 2. The van der Waals surface area contributed by atoms with E-state index in [2.05, 4.69) is 0 Å². The second-order valence-corrected chi connectivity index (χ2v) is 4.08. The SMILES string of the molecule is O=C(OCc1ccc(F)cc1)OCc1ccc(F)cc1. The van der Waals surface area contributed by atoms with Gasteiger partial charge in [-0.1, -0.05) is 24.3 Å². The molecule has 0 unspecified atom stereocenters. The summed E-state index contributed by atoms with van der Waals surface area (Å²) >= 11 is 0. The molecule has 3 nitrogen and oxygen atoms in total. The minimum Gasteiger partial charge on any atom is -0.429 e.